The molecule has 1 aliphatic heterocycles. The smallest absolute Gasteiger partial charge is 0.410 e. The molecular formula is C17H26N2O3. The monoisotopic (exact) mass is 306 g/mol. The number of carbonyl (C=O) groups excluding carboxylic acids is 1. The first-order chi connectivity index (χ1) is 10.4. The van der Waals surface area contributed by atoms with Crippen molar-refractivity contribution in [1.29, 1.82) is 0 Å². The molecule has 1 fully saturated rings. The summed E-state index contributed by atoms with van der Waals surface area (Å²) in [6, 6.07) is 5.87. The van der Waals surface area contributed by atoms with E-state index in [9.17, 15) is 4.79 Å². The van der Waals surface area contributed by atoms with Gasteiger partial charge in [0.1, 0.15) is 5.60 Å². The largest absolute Gasteiger partial charge is 0.444 e. The highest BCUT2D eigenvalue weighted by Crippen LogP contribution is 2.23. The minimum absolute atomic E-state index is 0.0812. The van der Waals surface area contributed by atoms with Crippen LogP contribution >= 0.6 is 0 Å². The van der Waals surface area contributed by atoms with E-state index in [4.69, 9.17) is 9.47 Å². The SMILES string of the molecule is CC(OCC1CCCN1C(=O)OC(C)(C)C)c1ccccn1. The quantitative estimate of drug-likeness (QED) is 0.853. The van der Waals surface area contributed by atoms with E-state index < -0.39 is 5.60 Å². The highest BCUT2D eigenvalue weighted by Gasteiger charge is 2.32. The summed E-state index contributed by atoms with van der Waals surface area (Å²) in [5, 5.41) is 0. The third-order valence-electron chi connectivity index (χ3n) is 3.65. The molecule has 0 spiro atoms. The Morgan fingerprint density at radius 2 is 2.23 bits per heavy atom. The summed E-state index contributed by atoms with van der Waals surface area (Å²) in [5.41, 5.74) is 0.441. The van der Waals surface area contributed by atoms with Crippen LogP contribution in [-0.4, -0.2) is 40.8 Å². The van der Waals surface area contributed by atoms with Crippen LogP contribution in [0.4, 0.5) is 4.79 Å². The predicted molar refractivity (Wildman–Crippen MR) is 84.6 cm³/mol. The first-order valence-corrected chi connectivity index (χ1v) is 7.89. The Morgan fingerprint density at radius 3 is 2.86 bits per heavy atom. The van der Waals surface area contributed by atoms with Gasteiger partial charge in [0.15, 0.2) is 0 Å². The molecule has 2 rings (SSSR count). The second-order valence-electron chi connectivity index (χ2n) is 6.70. The molecule has 1 amide bonds. The van der Waals surface area contributed by atoms with Crippen molar-refractivity contribution >= 4 is 6.09 Å². The van der Waals surface area contributed by atoms with Crippen molar-refractivity contribution in [2.45, 2.75) is 58.3 Å². The van der Waals surface area contributed by atoms with Crippen LogP contribution in [0.15, 0.2) is 24.4 Å². The molecule has 0 radical (unpaired) electrons. The molecule has 122 valence electrons. The van der Waals surface area contributed by atoms with Crippen molar-refractivity contribution < 1.29 is 14.3 Å². The third kappa shape index (κ3) is 4.70. The van der Waals surface area contributed by atoms with E-state index in [0.29, 0.717) is 6.61 Å². The van der Waals surface area contributed by atoms with Gasteiger partial charge in [0.25, 0.3) is 0 Å². The lowest BCUT2D eigenvalue weighted by Gasteiger charge is -2.29. The van der Waals surface area contributed by atoms with Gasteiger partial charge in [0, 0.05) is 12.7 Å². The van der Waals surface area contributed by atoms with Gasteiger partial charge < -0.3 is 14.4 Å². The number of amides is 1. The second kappa shape index (κ2) is 7.09. The molecule has 2 heterocycles. The summed E-state index contributed by atoms with van der Waals surface area (Å²) in [4.78, 5) is 18.3. The number of aromatic nitrogens is 1. The molecule has 0 saturated carbocycles. The average Bonchev–Trinajstić information content (AvgIpc) is 2.92. The Hall–Kier alpha value is -1.62. The van der Waals surface area contributed by atoms with E-state index in [0.717, 1.165) is 25.1 Å². The lowest BCUT2D eigenvalue weighted by Crippen LogP contribution is -2.41. The molecule has 5 nitrogen and oxygen atoms in total. The van der Waals surface area contributed by atoms with Gasteiger partial charge in [-0.15, -0.1) is 0 Å². The van der Waals surface area contributed by atoms with Crippen molar-refractivity contribution in [2.75, 3.05) is 13.2 Å². The fourth-order valence-electron chi connectivity index (χ4n) is 2.53. The van der Waals surface area contributed by atoms with Crippen LogP contribution in [0.2, 0.25) is 0 Å². The Labute approximate surface area is 132 Å². The Kier molecular flexibility index (Phi) is 5.40. The summed E-state index contributed by atoms with van der Waals surface area (Å²) in [5.74, 6) is 0. The van der Waals surface area contributed by atoms with Crippen molar-refractivity contribution in [1.82, 2.24) is 9.88 Å². The normalized spacial score (nSPS) is 20.0. The van der Waals surface area contributed by atoms with E-state index >= 15 is 0 Å². The number of hydrogen-bond donors (Lipinski definition) is 0. The minimum Gasteiger partial charge on any atom is -0.444 e. The minimum atomic E-state index is -0.466. The van der Waals surface area contributed by atoms with Crippen LogP contribution in [-0.2, 0) is 9.47 Å². The Morgan fingerprint density at radius 1 is 1.45 bits per heavy atom. The molecule has 1 aromatic rings. The maximum Gasteiger partial charge on any atom is 0.410 e. The summed E-state index contributed by atoms with van der Waals surface area (Å²) in [6.07, 6.45) is 3.38. The van der Waals surface area contributed by atoms with Crippen molar-refractivity contribution in [3.8, 4) is 0 Å². The molecule has 5 heteroatoms. The molecule has 1 saturated heterocycles. The highest BCUT2D eigenvalue weighted by atomic mass is 16.6. The van der Waals surface area contributed by atoms with Crippen LogP contribution in [0, 0.1) is 0 Å². The van der Waals surface area contributed by atoms with Gasteiger partial charge in [0.05, 0.1) is 24.4 Å². The van der Waals surface area contributed by atoms with Crippen LogP contribution in [0.25, 0.3) is 0 Å². The average molecular weight is 306 g/mol. The summed E-state index contributed by atoms with van der Waals surface area (Å²) in [6.45, 7) is 8.88. The van der Waals surface area contributed by atoms with Gasteiger partial charge in [-0.1, -0.05) is 6.07 Å². The molecule has 2 unspecified atom stereocenters. The molecule has 22 heavy (non-hydrogen) atoms. The van der Waals surface area contributed by atoms with E-state index in [-0.39, 0.29) is 18.2 Å². The summed E-state index contributed by atoms with van der Waals surface area (Å²) < 4.78 is 11.4. The predicted octanol–water partition coefficient (Wildman–Crippen LogP) is 3.56. The molecule has 2 atom stereocenters. The second-order valence-corrected chi connectivity index (χ2v) is 6.70. The van der Waals surface area contributed by atoms with Crippen LogP contribution < -0.4 is 0 Å². The number of likely N-dealkylation sites (tertiary alicyclic amines) is 1. The molecular weight excluding hydrogens is 280 g/mol. The number of hydrogen-bond acceptors (Lipinski definition) is 4. The van der Waals surface area contributed by atoms with Crippen LogP contribution in [0.5, 0.6) is 0 Å². The lowest BCUT2D eigenvalue weighted by molar-refractivity contribution is -0.00250. The van der Waals surface area contributed by atoms with Gasteiger partial charge >= 0.3 is 6.09 Å². The summed E-state index contributed by atoms with van der Waals surface area (Å²) in [7, 11) is 0. The number of pyridine rings is 1. The highest BCUT2D eigenvalue weighted by molar-refractivity contribution is 5.68. The fourth-order valence-corrected chi connectivity index (χ4v) is 2.53. The molecule has 0 aliphatic carbocycles. The lowest BCUT2D eigenvalue weighted by atomic mass is 10.2. The number of carbonyl (C=O) groups is 1. The van der Waals surface area contributed by atoms with E-state index in [1.807, 2.05) is 45.9 Å². The molecule has 0 aromatic carbocycles. The van der Waals surface area contributed by atoms with Gasteiger partial charge in [0.2, 0.25) is 0 Å². The first-order valence-electron chi connectivity index (χ1n) is 7.89. The van der Waals surface area contributed by atoms with Crippen molar-refractivity contribution in [2.24, 2.45) is 0 Å². The molecule has 1 aliphatic rings. The number of rotatable bonds is 4. The van der Waals surface area contributed by atoms with Crippen LogP contribution in [0.1, 0.15) is 52.3 Å². The summed E-state index contributed by atoms with van der Waals surface area (Å²) >= 11 is 0. The number of nitrogens with zero attached hydrogens (tertiary/aromatic N) is 2. The fraction of sp³-hybridized carbons (Fsp3) is 0.647. The van der Waals surface area contributed by atoms with E-state index in [1.54, 1.807) is 11.1 Å². The van der Waals surface area contributed by atoms with Crippen LogP contribution in [0.3, 0.4) is 0 Å². The van der Waals surface area contributed by atoms with Gasteiger partial charge in [-0.2, -0.15) is 0 Å². The van der Waals surface area contributed by atoms with Crippen molar-refractivity contribution in [3.63, 3.8) is 0 Å². The molecule has 0 N–H and O–H groups in total. The first kappa shape index (κ1) is 16.7. The van der Waals surface area contributed by atoms with E-state index in [1.165, 1.54) is 0 Å². The molecule has 1 aromatic heterocycles. The zero-order valence-electron chi connectivity index (χ0n) is 13.9. The maximum absolute atomic E-state index is 12.2. The zero-order valence-corrected chi connectivity index (χ0v) is 13.9. The van der Waals surface area contributed by atoms with Crippen molar-refractivity contribution in [3.05, 3.63) is 30.1 Å². The zero-order chi connectivity index (χ0) is 16.2. The van der Waals surface area contributed by atoms with Gasteiger partial charge in [-0.25, -0.2) is 4.79 Å². The van der Waals surface area contributed by atoms with Gasteiger partial charge in [-0.05, 0) is 52.7 Å². The molecule has 0 bridgehead atoms. The third-order valence-corrected chi connectivity index (χ3v) is 3.65. The standard InChI is InChI=1S/C17H26N2O3/c1-13(15-9-5-6-10-18-15)21-12-14-8-7-11-19(14)16(20)22-17(2,3)4/h5-6,9-10,13-14H,7-8,11-12H2,1-4H3. The Bertz CT molecular complexity index is 484. The van der Waals surface area contributed by atoms with E-state index in [2.05, 4.69) is 4.98 Å². The maximum atomic E-state index is 12.2. The topological polar surface area (TPSA) is 51.7 Å². The Balaban J connectivity index is 1.87. The van der Waals surface area contributed by atoms with Gasteiger partial charge in [-0.3, -0.25) is 4.98 Å². The number of ether oxygens (including phenoxy) is 2.